The zero-order valence-corrected chi connectivity index (χ0v) is 27.7. The molecule has 4 amide bonds. The molecule has 0 aliphatic heterocycles. The van der Waals surface area contributed by atoms with Crippen molar-refractivity contribution in [3.63, 3.8) is 0 Å². The number of nitrogens with zero attached hydrogens (tertiary/aromatic N) is 1. The topological polar surface area (TPSA) is 177 Å². The Balaban J connectivity index is 1.49. The van der Waals surface area contributed by atoms with Crippen LogP contribution in [0.15, 0.2) is 49.6 Å². The molecule has 3 saturated carbocycles. The molecule has 14 heteroatoms. The molecule has 3 aliphatic carbocycles. The van der Waals surface area contributed by atoms with E-state index in [4.69, 9.17) is 9.47 Å². The summed E-state index contributed by atoms with van der Waals surface area (Å²) in [5, 5.41) is 4.67. The van der Waals surface area contributed by atoms with E-state index in [1.807, 2.05) is 0 Å². The number of allylic oxidation sites excluding steroid dienone is 1. The minimum atomic E-state index is -3.87. The van der Waals surface area contributed by atoms with Crippen LogP contribution in [0.3, 0.4) is 0 Å². The van der Waals surface area contributed by atoms with Gasteiger partial charge in [-0.05, 0) is 70.4 Å². The van der Waals surface area contributed by atoms with Gasteiger partial charge in [0.05, 0.1) is 34.9 Å². The summed E-state index contributed by atoms with van der Waals surface area (Å²) in [6, 6.07) is 6.27. The number of carbonyl (C=O) groups is 5. The Bertz CT molecular complexity index is 1510. The standard InChI is InChI=1S/C33H44N4O9S/c1-5-8-9-12-17-37(4)29(39)26-19-22(46-32(42)34-27-14-11-10-13-24(27)30(40)45-7-3)18-25(26)28(38)35-33(20-21(33)6-2)31(41)36-47(43,44)23-15-16-23/h5-6,10-11,13-14,21-23,25-26H,1-2,7-9,12,15-20H2,3-4H3,(H,34,42)(H,35,38)(H,36,41)/t21-,22-,25-,26-,33-/m1/s1. The Hall–Kier alpha value is -4.20. The summed E-state index contributed by atoms with van der Waals surface area (Å²) >= 11 is 0. The van der Waals surface area contributed by atoms with Gasteiger partial charge in [0.25, 0.3) is 5.91 Å². The minimum absolute atomic E-state index is 0.0175. The van der Waals surface area contributed by atoms with E-state index in [1.165, 1.54) is 18.2 Å². The normalized spacial score (nSPS) is 24.7. The molecule has 0 spiro atoms. The Morgan fingerprint density at radius 2 is 1.77 bits per heavy atom. The van der Waals surface area contributed by atoms with Crippen molar-refractivity contribution >= 4 is 45.5 Å². The molecular formula is C33H44N4O9S. The van der Waals surface area contributed by atoms with E-state index in [0.29, 0.717) is 19.4 Å². The van der Waals surface area contributed by atoms with Crippen molar-refractivity contribution in [3.05, 3.63) is 55.1 Å². The fourth-order valence-corrected chi connectivity index (χ4v) is 7.34. The zero-order chi connectivity index (χ0) is 34.4. The SMILES string of the molecule is C=CCCCCN(C)C(=O)[C@@H]1C[C@H](OC(=O)Nc2ccccc2C(=O)OCC)C[C@H]1C(=O)N[C@]1(C(=O)NS(=O)(=O)C2CC2)C[C@H]1C=C. The lowest BCUT2D eigenvalue weighted by molar-refractivity contribution is -0.140. The summed E-state index contributed by atoms with van der Waals surface area (Å²) in [4.78, 5) is 67.7. The smallest absolute Gasteiger partial charge is 0.411 e. The maximum atomic E-state index is 13.9. The minimum Gasteiger partial charge on any atom is -0.462 e. The molecule has 0 saturated heterocycles. The van der Waals surface area contributed by atoms with Crippen LogP contribution in [0.1, 0.15) is 68.6 Å². The average molecular weight is 673 g/mol. The van der Waals surface area contributed by atoms with Gasteiger partial charge in [0.1, 0.15) is 11.6 Å². The van der Waals surface area contributed by atoms with Gasteiger partial charge >= 0.3 is 12.1 Å². The third-order valence-corrected chi connectivity index (χ3v) is 10.7. The predicted molar refractivity (Wildman–Crippen MR) is 173 cm³/mol. The predicted octanol–water partition coefficient (Wildman–Crippen LogP) is 3.29. The van der Waals surface area contributed by atoms with Crippen molar-refractivity contribution in [1.82, 2.24) is 14.9 Å². The first kappa shape index (κ1) is 35.7. The van der Waals surface area contributed by atoms with E-state index in [1.54, 1.807) is 37.1 Å². The first-order valence-electron chi connectivity index (χ1n) is 16.0. The van der Waals surface area contributed by atoms with Crippen LogP contribution >= 0.6 is 0 Å². The number of para-hydroxylation sites is 1. The van der Waals surface area contributed by atoms with Crippen LogP contribution in [0.4, 0.5) is 10.5 Å². The molecule has 4 rings (SSSR count). The lowest BCUT2D eigenvalue weighted by Crippen LogP contribution is -2.54. The highest BCUT2D eigenvalue weighted by Gasteiger charge is 2.62. The molecule has 0 heterocycles. The molecule has 0 radical (unpaired) electrons. The van der Waals surface area contributed by atoms with Gasteiger partial charge in [-0.2, -0.15) is 0 Å². The van der Waals surface area contributed by atoms with Gasteiger partial charge in [-0.1, -0.05) is 24.3 Å². The Morgan fingerprint density at radius 3 is 2.40 bits per heavy atom. The molecule has 256 valence electrons. The van der Waals surface area contributed by atoms with Crippen LogP contribution in [-0.4, -0.2) is 80.2 Å². The van der Waals surface area contributed by atoms with Gasteiger partial charge in [-0.15, -0.1) is 13.2 Å². The number of ether oxygens (including phenoxy) is 2. The maximum absolute atomic E-state index is 13.9. The third-order valence-electron chi connectivity index (χ3n) is 8.88. The quantitative estimate of drug-likeness (QED) is 0.135. The number of unbranched alkanes of at least 4 members (excludes halogenated alkanes) is 2. The number of hydrogen-bond acceptors (Lipinski definition) is 9. The molecule has 13 nitrogen and oxygen atoms in total. The number of sulfonamides is 1. The second-order valence-corrected chi connectivity index (χ2v) is 14.3. The van der Waals surface area contributed by atoms with Gasteiger partial charge in [-0.3, -0.25) is 24.4 Å². The number of benzene rings is 1. The molecule has 0 aromatic heterocycles. The summed E-state index contributed by atoms with van der Waals surface area (Å²) in [7, 11) is -2.23. The monoisotopic (exact) mass is 672 g/mol. The number of amides is 4. The highest BCUT2D eigenvalue weighted by Crippen LogP contribution is 2.46. The Morgan fingerprint density at radius 1 is 1.06 bits per heavy atom. The van der Waals surface area contributed by atoms with Crippen molar-refractivity contribution in [1.29, 1.82) is 0 Å². The van der Waals surface area contributed by atoms with Crippen LogP contribution in [-0.2, 0) is 33.9 Å². The lowest BCUT2D eigenvalue weighted by Gasteiger charge is -2.26. The van der Waals surface area contributed by atoms with E-state index < -0.39 is 68.5 Å². The second-order valence-electron chi connectivity index (χ2n) is 12.3. The van der Waals surface area contributed by atoms with Crippen LogP contribution in [0, 0.1) is 17.8 Å². The lowest BCUT2D eigenvalue weighted by atomic mass is 9.93. The van der Waals surface area contributed by atoms with E-state index in [2.05, 4.69) is 28.5 Å². The average Bonchev–Trinajstić information content (AvgIpc) is 3.96. The van der Waals surface area contributed by atoms with E-state index in [9.17, 15) is 32.4 Å². The number of rotatable bonds is 16. The molecule has 1 aromatic rings. The third kappa shape index (κ3) is 8.59. The summed E-state index contributed by atoms with van der Waals surface area (Å²) < 4.78 is 37.9. The summed E-state index contributed by atoms with van der Waals surface area (Å²) in [6.07, 6.45) is 5.01. The molecule has 47 heavy (non-hydrogen) atoms. The van der Waals surface area contributed by atoms with Crippen molar-refractivity contribution in [2.45, 2.75) is 75.2 Å². The molecule has 0 bridgehead atoms. The Kier molecular flexibility index (Phi) is 11.5. The first-order chi connectivity index (χ1) is 22.4. The summed E-state index contributed by atoms with van der Waals surface area (Å²) in [6.45, 7) is 9.69. The summed E-state index contributed by atoms with van der Waals surface area (Å²) in [5.74, 6) is -4.74. The fraction of sp³-hybridized carbons (Fsp3) is 0.545. The molecule has 5 atom stereocenters. The second kappa shape index (κ2) is 15.1. The van der Waals surface area contributed by atoms with Crippen LogP contribution < -0.4 is 15.4 Å². The van der Waals surface area contributed by atoms with Crippen molar-refractivity contribution in [2.24, 2.45) is 17.8 Å². The number of hydrogen-bond donors (Lipinski definition) is 3. The van der Waals surface area contributed by atoms with Gasteiger partial charge in [-0.25, -0.2) is 18.0 Å². The van der Waals surface area contributed by atoms with Crippen LogP contribution in [0.2, 0.25) is 0 Å². The maximum Gasteiger partial charge on any atom is 0.411 e. The van der Waals surface area contributed by atoms with E-state index in [-0.39, 0.29) is 43.0 Å². The van der Waals surface area contributed by atoms with Gasteiger partial charge in [0.15, 0.2) is 0 Å². The van der Waals surface area contributed by atoms with E-state index >= 15 is 0 Å². The summed E-state index contributed by atoms with van der Waals surface area (Å²) in [5.41, 5.74) is -1.21. The van der Waals surface area contributed by atoms with Crippen LogP contribution in [0.25, 0.3) is 0 Å². The highest BCUT2D eigenvalue weighted by atomic mass is 32.2. The van der Waals surface area contributed by atoms with Gasteiger partial charge < -0.3 is 19.7 Å². The molecule has 0 unspecified atom stereocenters. The zero-order valence-electron chi connectivity index (χ0n) is 26.9. The molecule has 3 fully saturated rings. The van der Waals surface area contributed by atoms with Crippen LogP contribution in [0.5, 0.6) is 0 Å². The largest absolute Gasteiger partial charge is 0.462 e. The number of anilines is 1. The Labute approximate surface area is 275 Å². The van der Waals surface area contributed by atoms with Crippen molar-refractivity contribution < 1.29 is 41.9 Å². The number of esters is 1. The molecular weight excluding hydrogens is 628 g/mol. The van der Waals surface area contributed by atoms with E-state index in [0.717, 1.165) is 19.3 Å². The molecule has 3 aliphatic rings. The number of carbonyl (C=O) groups excluding carboxylic acids is 5. The van der Waals surface area contributed by atoms with Gasteiger partial charge in [0, 0.05) is 19.5 Å². The van der Waals surface area contributed by atoms with Crippen molar-refractivity contribution in [2.75, 3.05) is 25.5 Å². The molecule has 1 aromatic carbocycles. The highest BCUT2D eigenvalue weighted by molar-refractivity contribution is 7.91. The molecule has 3 N–H and O–H groups in total. The van der Waals surface area contributed by atoms with Gasteiger partial charge in [0.2, 0.25) is 21.8 Å². The number of nitrogens with one attached hydrogen (secondary N) is 3. The fourth-order valence-electron chi connectivity index (χ4n) is 5.98. The first-order valence-corrected chi connectivity index (χ1v) is 17.5. The van der Waals surface area contributed by atoms with Crippen molar-refractivity contribution in [3.8, 4) is 0 Å².